The van der Waals surface area contributed by atoms with E-state index in [4.69, 9.17) is 29.6 Å². The average molecular weight is 498 g/mol. The van der Waals surface area contributed by atoms with E-state index in [-0.39, 0.29) is 29.3 Å². The molecule has 4 rings (SSSR count). The lowest BCUT2D eigenvalue weighted by Crippen LogP contribution is -2.38. The van der Waals surface area contributed by atoms with Crippen LogP contribution in [0, 0.1) is 11.3 Å². The van der Waals surface area contributed by atoms with Crippen LogP contribution in [0.2, 0.25) is 5.15 Å². The first-order valence-electron chi connectivity index (χ1n) is 10.9. The van der Waals surface area contributed by atoms with Crippen molar-refractivity contribution < 1.29 is 22.8 Å². The number of fused-ring (bicyclic) bond motifs is 1. The molecule has 0 radical (unpaired) electrons. The highest BCUT2D eigenvalue weighted by Crippen LogP contribution is 2.38. The van der Waals surface area contributed by atoms with Gasteiger partial charge in [-0.25, -0.2) is 14.8 Å². The molecule has 182 valence electrons. The Morgan fingerprint density at radius 3 is 2.80 bits per heavy atom. The highest BCUT2D eigenvalue weighted by atomic mass is 35.5. The number of nitrogens with zero attached hydrogens (tertiary/aromatic N) is 3. The average Bonchev–Trinajstić information content (AvgIpc) is 3.50. The summed E-state index contributed by atoms with van der Waals surface area (Å²) in [5, 5.41) is 15.5. The van der Waals surface area contributed by atoms with Crippen LogP contribution in [-0.2, 0) is 17.7 Å². The lowest BCUT2D eigenvalue weighted by Gasteiger charge is -2.21. The monoisotopic (exact) mass is 497 g/mol. The Labute approximate surface area is 206 Å². The molecule has 0 aliphatic heterocycles. The van der Waals surface area contributed by atoms with Crippen LogP contribution in [0.15, 0.2) is 43.9 Å². The van der Waals surface area contributed by atoms with E-state index < -0.39 is 11.7 Å². The molecule has 0 fully saturated rings. The van der Waals surface area contributed by atoms with E-state index in [9.17, 15) is 10.1 Å². The van der Waals surface area contributed by atoms with Gasteiger partial charge < -0.3 is 28.6 Å². The lowest BCUT2D eigenvalue weighted by molar-refractivity contribution is 0.0507. The molecule has 35 heavy (non-hydrogen) atoms. The molecule has 0 saturated carbocycles. The fourth-order valence-corrected chi connectivity index (χ4v) is 3.65. The largest absolute Gasteiger partial charge is 0.467 e. The molecule has 0 aliphatic carbocycles. The molecule has 1 amide bonds. The summed E-state index contributed by atoms with van der Waals surface area (Å²) in [6.07, 6.45) is 2.63. The normalized spacial score (nSPS) is 12.3. The summed E-state index contributed by atoms with van der Waals surface area (Å²) < 4.78 is 22.5. The summed E-state index contributed by atoms with van der Waals surface area (Å²) in [7, 11) is 0. The molecule has 4 heterocycles. The summed E-state index contributed by atoms with van der Waals surface area (Å²) in [6.45, 7) is 7.57. The number of hydrogen-bond acceptors (Lipinski definition) is 9. The second kappa shape index (κ2) is 9.72. The number of hydrogen-bond donors (Lipinski definition) is 2. The van der Waals surface area contributed by atoms with Gasteiger partial charge in [-0.3, -0.25) is 0 Å². The number of nitrogens with one attached hydrogen (secondary N) is 2. The van der Waals surface area contributed by atoms with Gasteiger partial charge in [0.2, 0.25) is 11.7 Å². The Morgan fingerprint density at radius 2 is 2.14 bits per heavy atom. The number of pyridine rings is 1. The molecular formula is C24H24ClN5O5. The van der Waals surface area contributed by atoms with E-state index in [0.717, 1.165) is 5.76 Å². The lowest BCUT2D eigenvalue weighted by atomic mass is 10.1. The summed E-state index contributed by atoms with van der Waals surface area (Å²) in [5.74, 6) is 1.37. The van der Waals surface area contributed by atoms with E-state index in [1.807, 2.05) is 19.1 Å². The van der Waals surface area contributed by atoms with Crippen molar-refractivity contribution in [2.75, 3.05) is 5.32 Å². The molecule has 10 nitrogen and oxygen atoms in total. The third-order valence-electron chi connectivity index (χ3n) is 4.80. The van der Waals surface area contributed by atoms with Crippen LogP contribution in [-0.4, -0.2) is 27.7 Å². The van der Waals surface area contributed by atoms with Crippen molar-refractivity contribution in [3.05, 3.63) is 53.1 Å². The molecule has 1 unspecified atom stereocenters. The third kappa shape index (κ3) is 5.75. The van der Waals surface area contributed by atoms with Crippen molar-refractivity contribution in [3.8, 4) is 17.5 Å². The molecule has 0 aromatic carbocycles. The van der Waals surface area contributed by atoms with E-state index in [1.54, 1.807) is 39.2 Å². The van der Waals surface area contributed by atoms with E-state index >= 15 is 0 Å². The maximum Gasteiger partial charge on any atom is 0.407 e. The topological polar surface area (TPSA) is 139 Å². The van der Waals surface area contributed by atoms with Crippen molar-refractivity contribution in [2.24, 2.45) is 0 Å². The second-order valence-electron chi connectivity index (χ2n) is 8.90. The van der Waals surface area contributed by atoms with Crippen LogP contribution in [0.1, 0.15) is 45.0 Å². The summed E-state index contributed by atoms with van der Waals surface area (Å²) >= 11 is 6.33. The van der Waals surface area contributed by atoms with Crippen LogP contribution >= 0.6 is 11.6 Å². The SMILES string of the molecule is CC(Cc1oc2c(NCc3ccco3)cc(Cl)nc2c1-c1ncc(C#N)o1)NC(=O)OC(C)(C)C. The third-order valence-corrected chi connectivity index (χ3v) is 4.99. The molecule has 4 aromatic heterocycles. The van der Waals surface area contributed by atoms with Crippen molar-refractivity contribution in [1.29, 1.82) is 5.26 Å². The van der Waals surface area contributed by atoms with Crippen LogP contribution in [0.3, 0.4) is 0 Å². The van der Waals surface area contributed by atoms with Crippen molar-refractivity contribution in [2.45, 2.75) is 52.3 Å². The maximum absolute atomic E-state index is 12.2. The highest BCUT2D eigenvalue weighted by molar-refractivity contribution is 6.30. The van der Waals surface area contributed by atoms with E-state index in [1.165, 1.54) is 6.20 Å². The Kier molecular flexibility index (Phi) is 6.71. The number of halogens is 1. The Morgan fingerprint density at radius 1 is 1.34 bits per heavy atom. The van der Waals surface area contributed by atoms with E-state index in [2.05, 4.69) is 20.6 Å². The molecule has 0 bridgehead atoms. The van der Waals surface area contributed by atoms with Gasteiger partial charge in [-0.05, 0) is 39.8 Å². The summed E-state index contributed by atoms with van der Waals surface area (Å²) in [5.41, 5.74) is 1.24. The minimum absolute atomic E-state index is 0.0402. The Balaban J connectivity index is 1.72. The van der Waals surface area contributed by atoms with Gasteiger partial charge in [0.1, 0.15) is 39.4 Å². The first-order chi connectivity index (χ1) is 16.6. The number of amides is 1. The molecule has 0 saturated heterocycles. The fourth-order valence-electron chi connectivity index (χ4n) is 3.45. The van der Waals surface area contributed by atoms with E-state index in [0.29, 0.717) is 34.7 Å². The number of anilines is 1. The number of furan rings is 2. The van der Waals surface area contributed by atoms with Crippen molar-refractivity contribution in [1.82, 2.24) is 15.3 Å². The number of rotatable bonds is 7. The Hall–Kier alpha value is -3.97. The van der Waals surface area contributed by atoms with Gasteiger partial charge >= 0.3 is 6.09 Å². The predicted octanol–water partition coefficient (Wildman–Crippen LogP) is 5.67. The van der Waals surface area contributed by atoms with Gasteiger partial charge in [-0.15, -0.1) is 0 Å². The highest BCUT2D eigenvalue weighted by Gasteiger charge is 2.26. The number of ether oxygens (including phenoxy) is 1. The molecule has 0 aliphatic rings. The number of carbonyl (C=O) groups is 1. The van der Waals surface area contributed by atoms with Gasteiger partial charge in [0, 0.05) is 18.5 Å². The number of oxazole rings is 1. The fraction of sp³-hybridized carbons (Fsp3) is 0.333. The number of nitriles is 1. The predicted molar refractivity (Wildman–Crippen MR) is 128 cm³/mol. The number of alkyl carbamates (subject to hydrolysis) is 1. The number of aromatic nitrogens is 2. The van der Waals surface area contributed by atoms with Gasteiger partial charge in [-0.1, -0.05) is 11.6 Å². The van der Waals surface area contributed by atoms with Crippen molar-refractivity contribution in [3.63, 3.8) is 0 Å². The zero-order valence-corrected chi connectivity index (χ0v) is 20.4. The molecule has 4 aromatic rings. The standard InChI is InChI=1S/C24H24ClN5O5/c1-13(29-23(31)35-24(2,3)4)8-17-19(22-28-12-15(10-26)33-22)20-21(34-17)16(9-18(25)30-20)27-11-14-6-5-7-32-14/h5-7,9,12-13H,8,11H2,1-4H3,(H,27,30)(H,29,31). The smallest absolute Gasteiger partial charge is 0.407 e. The summed E-state index contributed by atoms with van der Waals surface area (Å²) in [6, 6.07) is 6.83. The molecule has 11 heteroatoms. The van der Waals surface area contributed by atoms with Gasteiger partial charge in [0.15, 0.2) is 5.58 Å². The molecule has 0 spiro atoms. The van der Waals surface area contributed by atoms with Gasteiger partial charge in [0.25, 0.3) is 0 Å². The van der Waals surface area contributed by atoms with Gasteiger partial charge in [-0.2, -0.15) is 5.26 Å². The van der Waals surface area contributed by atoms with Gasteiger partial charge in [0.05, 0.1) is 24.7 Å². The quantitative estimate of drug-likeness (QED) is 0.309. The first-order valence-corrected chi connectivity index (χ1v) is 11.2. The minimum Gasteiger partial charge on any atom is -0.467 e. The maximum atomic E-state index is 12.2. The zero-order chi connectivity index (χ0) is 25.2. The van der Waals surface area contributed by atoms with Crippen molar-refractivity contribution >= 4 is 34.5 Å². The van der Waals surface area contributed by atoms with Crippen LogP contribution in [0.25, 0.3) is 22.6 Å². The van der Waals surface area contributed by atoms with Crippen LogP contribution in [0.4, 0.5) is 10.5 Å². The molecule has 2 N–H and O–H groups in total. The number of carbonyl (C=O) groups excluding carboxylic acids is 1. The molecular weight excluding hydrogens is 474 g/mol. The summed E-state index contributed by atoms with van der Waals surface area (Å²) in [4.78, 5) is 20.9. The first kappa shape index (κ1) is 24.2. The minimum atomic E-state index is -0.630. The molecule has 1 atom stereocenters. The van der Waals surface area contributed by atoms with Crippen LogP contribution < -0.4 is 10.6 Å². The zero-order valence-electron chi connectivity index (χ0n) is 19.6. The second-order valence-corrected chi connectivity index (χ2v) is 9.28. The van der Waals surface area contributed by atoms with Crippen LogP contribution in [0.5, 0.6) is 0 Å². The Bertz CT molecular complexity index is 1380.